The molecule has 0 unspecified atom stereocenters. The molecule has 2 heterocycles. The first kappa shape index (κ1) is 20.7. The molecule has 0 spiro atoms. The Hall–Kier alpha value is -2.54. The number of ether oxygens (including phenoxy) is 2. The van der Waals surface area contributed by atoms with Crippen LogP contribution in [0.2, 0.25) is 0 Å². The molecule has 30 heavy (non-hydrogen) atoms. The van der Waals surface area contributed by atoms with E-state index in [1.807, 2.05) is 24.1 Å². The molecule has 7 nitrogen and oxygen atoms in total. The van der Waals surface area contributed by atoms with E-state index in [1.54, 1.807) is 18.9 Å². The fourth-order valence-electron chi connectivity index (χ4n) is 4.32. The van der Waals surface area contributed by atoms with Crippen LogP contribution in [0, 0.1) is 12.8 Å². The van der Waals surface area contributed by atoms with Crippen LogP contribution in [-0.2, 0) is 18.2 Å². The van der Waals surface area contributed by atoms with Crippen LogP contribution in [0.5, 0.6) is 5.75 Å². The minimum atomic E-state index is 0.0727. The van der Waals surface area contributed by atoms with Gasteiger partial charge in [0.1, 0.15) is 11.4 Å². The minimum Gasteiger partial charge on any atom is -0.497 e. The number of hydrogen-bond donors (Lipinski definition) is 0. The van der Waals surface area contributed by atoms with Gasteiger partial charge in [0.05, 0.1) is 13.7 Å². The smallest absolute Gasteiger partial charge is 0.272 e. The van der Waals surface area contributed by atoms with Crippen LogP contribution < -0.4 is 9.64 Å². The molecule has 1 aliphatic carbocycles. The van der Waals surface area contributed by atoms with Gasteiger partial charge in [0.25, 0.3) is 5.91 Å². The number of carbonyl (C=O) groups excluding carboxylic acids is 1. The summed E-state index contributed by atoms with van der Waals surface area (Å²) in [7, 11) is 5.25. The molecule has 0 N–H and O–H groups in total. The zero-order valence-corrected chi connectivity index (χ0v) is 18.5. The molecule has 4 rings (SSSR count). The maximum absolute atomic E-state index is 13.5. The Morgan fingerprint density at radius 2 is 2.10 bits per heavy atom. The summed E-state index contributed by atoms with van der Waals surface area (Å²) in [6, 6.07) is 6.10. The lowest BCUT2D eigenvalue weighted by Gasteiger charge is -2.29. The van der Waals surface area contributed by atoms with Gasteiger partial charge in [-0.1, -0.05) is 0 Å². The van der Waals surface area contributed by atoms with Crippen molar-refractivity contribution in [3.05, 3.63) is 35.0 Å². The number of carbonyl (C=O) groups is 1. The van der Waals surface area contributed by atoms with Crippen LogP contribution in [0.3, 0.4) is 0 Å². The van der Waals surface area contributed by atoms with Gasteiger partial charge in [-0.05, 0) is 62.3 Å². The first-order valence-electron chi connectivity index (χ1n) is 10.8. The van der Waals surface area contributed by atoms with E-state index in [1.165, 1.54) is 12.8 Å². The molecule has 0 saturated heterocycles. The van der Waals surface area contributed by atoms with Gasteiger partial charge in [-0.3, -0.25) is 9.48 Å². The van der Waals surface area contributed by atoms with Gasteiger partial charge in [-0.25, -0.2) is 0 Å². The van der Waals surface area contributed by atoms with Gasteiger partial charge in [-0.2, -0.15) is 5.10 Å². The number of methoxy groups -OCH3 is 2. The molecule has 2 aliphatic rings. The molecular formula is C23H32N4O3. The molecular weight excluding hydrogens is 380 g/mol. The van der Waals surface area contributed by atoms with Crippen molar-refractivity contribution in [2.45, 2.75) is 32.6 Å². The first-order chi connectivity index (χ1) is 14.5. The predicted molar refractivity (Wildman–Crippen MR) is 117 cm³/mol. The molecule has 1 fully saturated rings. The highest BCUT2D eigenvalue weighted by molar-refractivity contribution is 5.96. The largest absolute Gasteiger partial charge is 0.497 e. The van der Waals surface area contributed by atoms with E-state index in [2.05, 4.69) is 17.9 Å². The maximum Gasteiger partial charge on any atom is 0.272 e. The average molecular weight is 413 g/mol. The lowest BCUT2D eigenvalue weighted by Crippen LogP contribution is -2.37. The van der Waals surface area contributed by atoms with E-state index >= 15 is 0 Å². The fraction of sp³-hybridized carbons (Fsp3) is 0.565. The Morgan fingerprint density at radius 1 is 1.30 bits per heavy atom. The quantitative estimate of drug-likeness (QED) is 0.666. The Kier molecular flexibility index (Phi) is 5.99. The van der Waals surface area contributed by atoms with E-state index in [4.69, 9.17) is 14.6 Å². The van der Waals surface area contributed by atoms with Crippen LogP contribution >= 0.6 is 0 Å². The predicted octanol–water partition coefficient (Wildman–Crippen LogP) is 3.32. The maximum atomic E-state index is 13.5. The molecule has 162 valence electrons. The molecule has 1 saturated carbocycles. The van der Waals surface area contributed by atoms with E-state index in [0.717, 1.165) is 60.0 Å². The summed E-state index contributed by atoms with van der Waals surface area (Å²) < 4.78 is 12.4. The van der Waals surface area contributed by atoms with Crippen LogP contribution in [-0.4, -0.2) is 61.0 Å². The van der Waals surface area contributed by atoms with Gasteiger partial charge in [0.2, 0.25) is 0 Å². The van der Waals surface area contributed by atoms with Gasteiger partial charge < -0.3 is 19.3 Å². The third kappa shape index (κ3) is 4.03. The summed E-state index contributed by atoms with van der Waals surface area (Å²) in [6.45, 7) is 4.95. The van der Waals surface area contributed by atoms with E-state index in [0.29, 0.717) is 19.1 Å². The van der Waals surface area contributed by atoms with E-state index in [-0.39, 0.29) is 5.91 Å². The molecule has 1 aromatic heterocycles. The Balaban J connectivity index is 1.66. The number of rotatable bonds is 8. The van der Waals surface area contributed by atoms with Crippen molar-refractivity contribution in [2.75, 3.05) is 45.4 Å². The van der Waals surface area contributed by atoms with Gasteiger partial charge in [0, 0.05) is 45.0 Å². The summed E-state index contributed by atoms with van der Waals surface area (Å²) >= 11 is 0. The number of hydrogen-bond acceptors (Lipinski definition) is 5. The third-order valence-electron chi connectivity index (χ3n) is 6.11. The Labute approximate surface area is 178 Å². The number of benzene rings is 1. The second kappa shape index (κ2) is 8.68. The molecule has 7 heteroatoms. The first-order valence-corrected chi connectivity index (χ1v) is 10.8. The van der Waals surface area contributed by atoms with Crippen molar-refractivity contribution in [3.63, 3.8) is 0 Å². The molecule has 0 radical (unpaired) electrons. The number of anilines is 2. The van der Waals surface area contributed by atoms with Crippen LogP contribution in [0.25, 0.3) is 0 Å². The number of amides is 1. The van der Waals surface area contributed by atoms with Crippen molar-refractivity contribution < 1.29 is 14.3 Å². The van der Waals surface area contributed by atoms with Gasteiger partial charge >= 0.3 is 0 Å². The van der Waals surface area contributed by atoms with Crippen molar-refractivity contribution in [2.24, 2.45) is 13.0 Å². The Morgan fingerprint density at radius 3 is 2.77 bits per heavy atom. The van der Waals surface area contributed by atoms with Gasteiger partial charge in [0.15, 0.2) is 5.82 Å². The summed E-state index contributed by atoms with van der Waals surface area (Å²) in [6.07, 6.45) is 4.29. The zero-order valence-electron chi connectivity index (χ0n) is 18.5. The van der Waals surface area contributed by atoms with Crippen LogP contribution in [0.1, 0.15) is 40.9 Å². The SMILES string of the molecule is COCCN(CC1CC1)C(=O)c1c2c(nn1C)N(c1ccc(OC)cc1C)CCC2. The molecule has 2 aromatic rings. The topological polar surface area (TPSA) is 59.8 Å². The lowest BCUT2D eigenvalue weighted by atomic mass is 10.0. The zero-order chi connectivity index (χ0) is 21.3. The van der Waals surface area contributed by atoms with Crippen molar-refractivity contribution in [1.29, 1.82) is 0 Å². The standard InChI is InChI=1S/C23H32N4O3/c1-16-14-18(30-4)9-10-20(16)27-11-5-6-19-21(25(2)24-22(19)27)23(28)26(12-13-29-3)15-17-7-8-17/h9-10,14,17H,5-8,11-13,15H2,1-4H3. The highest BCUT2D eigenvalue weighted by Gasteiger charge is 2.33. The van der Waals surface area contributed by atoms with Crippen LogP contribution in [0.15, 0.2) is 18.2 Å². The highest BCUT2D eigenvalue weighted by atomic mass is 16.5. The fourth-order valence-corrected chi connectivity index (χ4v) is 4.32. The number of fused-ring (bicyclic) bond motifs is 1. The molecule has 0 bridgehead atoms. The third-order valence-corrected chi connectivity index (χ3v) is 6.11. The second-order valence-corrected chi connectivity index (χ2v) is 8.37. The van der Waals surface area contributed by atoms with Gasteiger partial charge in [-0.15, -0.1) is 0 Å². The highest BCUT2D eigenvalue weighted by Crippen LogP contribution is 2.37. The second-order valence-electron chi connectivity index (χ2n) is 8.37. The summed E-state index contributed by atoms with van der Waals surface area (Å²) in [5.41, 5.74) is 4.03. The van der Waals surface area contributed by atoms with Crippen molar-refractivity contribution in [1.82, 2.24) is 14.7 Å². The number of nitrogens with zero attached hydrogens (tertiary/aromatic N) is 4. The van der Waals surface area contributed by atoms with Crippen molar-refractivity contribution in [3.8, 4) is 5.75 Å². The summed E-state index contributed by atoms with van der Waals surface area (Å²) in [4.78, 5) is 17.7. The van der Waals surface area contributed by atoms with E-state index in [9.17, 15) is 4.79 Å². The summed E-state index contributed by atoms with van der Waals surface area (Å²) in [5.74, 6) is 2.45. The average Bonchev–Trinajstić information content (AvgIpc) is 3.50. The lowest BCUT2D eigenvalue weighted by molar-refractivity contribution is 0.0674. The monoisotopic (exact) mass is 412 g/mol. The molecule has 1 aromatic carbocycles. The number of aryl methyl sites for hydroxylation is 2. The van der Waals surface area contributed by atoms with Crippen molar-refractivity contribution >= 4 is 17.4 Å². The Bertz CT molecular complexity index is 919. The van der Waals surface area contributed by atoms with Crippen LogP contribution in [0.4, 0.5) is 11.5 Å². The minimum absolute atomic E-state index is 0.0727. The molecule has 1 amide bonds. The number of aromatic nitrogens is 2. The summed E-state index contributed by atoms with van der Waals surface area (Å²) in [5, 5.41) is 4.80. The molecule has 0 atom stereocenters. The van der Waals surface area contributed by atoms with E-state index < -0.39 is 0 Å². The normalized spacial score (nSPS) is 15.8. The molecule has 1 aliphatic heterocycles.